The van der Waals surface area contributed by atoms with Gasteiger partial charge in [0.1, 0.15) is 5.75 Å². The summed E-state index contributed by atoms with van der Waals surface area (Å²) < 4.78 is 5.46. The lowest BCUT2D eigenvalue weighted by molar-refractivity contribution is -0.123. The van der Waals surface area contributed by atoms with E-state index in [4.69, 9.17) is 16.3 Å². The van der Waals surface area contributed by atoms with Crippen LogP contribution in [0.5, 0.6) is 5.75 Å². The first-order valence-electron chi connectivity index (χ1n) is 7.77. The summed E-state index contributed by atoms with van der Waals surface area (Å²) in [6.45, 7) is 5.99. The number of carbonyl (C=O) groups is 1. The highest BCUT2D eigenvalue weighted by Gasteiger charge is 2.04. The predicted molar refractivity (Wildman–Crippen MR) is 97.8 cm³/mol. The van der Waals surface area contributed by atoms with Gasteiger partial charge in [-0.3, -0.25) is 4.79 Å². The normalized spacial score (nSPS) is 11.5. The Kier molecular flexibility index (Phi) is 6.38. The van der Waals surface area contributed by atoms with Gasteiger partial charge in [-0.1, -0.05) is 49.7 Å². The molecular formula is C19H21ClN2O2. The summed E-state index contributed by atoms with van der Waals surface area (Å²) in [7, 11) is 0. The Bertz CT molecular complexity index is 707. The molecule has 0 aliphatic carbocycles. The van der Waals surface area contributed by atoms with E-state index in [0.29, 0.717) is 22.4 Å². The first kappa shape index (κ1) is 18.0. The number of ether oxygens (including phenoxy) is 1. The molecule has 4 nitrogen and oxygen atoms in total. The summed E-state index contributed by atoms with van der Waals surface area (Å²) in [6.07, 6.45) is 0. The number of hydrazone groups is 1. The smallest absolute Gasteiger partial charge is 0.277 e. The van der Waals surface area contributed by atoms with Crippen LogP contribution in [-0.2, 0) is 4.79 Å². The number of amides is 1. The number of benzene rings is 2. The minimum Gasteiger partial charge on any atom is -0.484 e. The monoisotopic (exact) mass is 344 g/mol. The Balaban J connectivity index is 1.84. The van der Waals surface area contributed by atoms with Crippen molar-refractivity contribution in [3.63, 3.8) is 0 Å². The van der Waals surface area contributed by atoms with Gasteiger partial charge in [0.2, 0.25) is 0 Å². The molecule has 2 aromatic carbocycles. The van der Waals surface area contributed by atoms with E-state index in [9.17, 15) is 4.79 Å². The lowest BCUT2D eigenvalue weighted by atomic mass is 10.0. The van der Waals surface area contributed by atoms with Gasteiger partial charge < -0.3 is 4.74 Å². The Labute approximate surface area is 147 Å². The van der Waals surface area contributed by atoms with Crippen LogP contribution in [0.2, 0.25) is 5.02 Å². The molecule has 0 fully saturated rings. The largest absolute Gasteiger partial charge is 0.484 e. The van der Waals surface area contributed by atoms with Crippen LogP contribution in [0, 0.1) is 0 Å². The molecule has 0 unspecified atom stereocenters. The molecule has 0 aliphatic rings. The fourth-order valence-corrected chi connectivity index (χ4v) is 2.16. The second kappa shape index (κ2) is 8.50. The lowest BCUT2D eigenvalue weighted by Crippen LogP contribution is -2.25. The van der Waals surface area contributed by atoms with Gasteiger partial charge >= 0.3 is 0 Å². The maximum absolute atomic E-state index is 11.8. The van der Waals surface area contributed by atoms with Crippen molar-refractivity contribution in [3.8, 4) is 5.75 Å². The second-order valence-electron chi connectivity index (χ2n) is 5.75. The van der Waals surface area contributed by atoms with Gasteiger partial charge in [0.05, 0.1) is 5.71 Å². The molecule has 0 radical (unpaired) electrons. The van der Waals surface area contributed by atoms with Crippen molar-refractivity contribution in [2.24, 2.45) is 5.10 Å². The van der Waals surface area contributed by atoms with E-state index >= 15 is 0 Å². The summed E-state index contributed by atoms with van der Waals surface area (Å²) in [6, 6.07) is 15.0. The summed E-state index contributed by atoms with van der Waals surface area (Å²) in [5.41, 5.74) is 5.31. The second-order valence-corrected chi connectivity index (χ2v) is 6.19. The summed E-state index contributed by atoms with van der Waals surface area (Å²) in [4.78, 5) is 11.8. The SMILES string of the molecule is CC(=NNC(=O)COc1ccc(C(C)C)cc1)c1ccc(Cl)cc1. The van der Waals surface area contributed by atoms with Crippen molar-refractivity contribution >= 4 is 23.2 Å². The Morgan fingerprint density at radius 3 is 2.33 bits per heavy atom. The molecule has 0 aromatic heterocycles. The highest BCUT2D eigenvalue weighted by Crippen LogP contribution is 2.18. The van der Waals surface area contributed by atoms with Crippen LogP contribution < -0.4 is 10.2 Å². The Morgan fingerprint density at radius 2 is 1.75 bits per heavy atom. The quantitative estimate of drug-likeness (QED) is 0.624. The summed E-state index contributed by atoms with van der Waals surface area (Å²) >= 11 is 5.84. The number of nitrogens with zero attached hydrogens (tertiary/aromatic N) is 1. The van der Waals surface area contributed by atoms with Crippen LogP contribution in [0.25, 0.3) is 0 Å². The zero-order valence-corrected chi connectivity index (χ0v) is 14.8. The van der Waals surface area contributed by atoms with Crippen LogP contribution in [0.1, 0.15) is 37.8 Å². The number of rotatable bonds is 6. The molecule has 1 N–H and O–H groups in total. The van der Waals surface area contributed by atoms with Crippen molar-refractivity contribution in [1.82, 2.24) is 5.43 Å². The summed E-state index contributed by atoms with van der Waals surface area (Å²) in [5, 5.41) is 4.73. The molecule has 0 atom stereocenters. The molecule has 0 saturated heterocycles. The van der Waals surface area contributed by atoms with Gasteiger partial charge in [0, 0.05) is 5.02 Å². The van der Waals surface area contributed by atoms with Crippen molar-refractivity contribution in [2.75, 3.05) is 6.61 Å². The molecule has 0 heterocycles. The zero-order chi connectivity index (χ0) is 17.5. The third-order valence-electron chi connectivity index (χ3n) is 3.53. The van der Waals surface area contributed by atoms with Crippen molar-refractivity contribution in [1.29, 1.82) is 0 Å². The van der Waals surface area contributed by atoms with Gasteiger partial charge in [-0.25, -0.2) is 5.43 Å². The number of hydrogen-bond acceptors (Lipinski definition) is 3. The molecule has 5 heteroatoms. The first-order chi connectivity index (χ1) is 11.5. The third kappa shape index (κ3) is 5.39. The van der Waals surface area contributed by atoms with E-state index < -0.39 is 0 Å². The predicted octanol–water partition coefficient (Wildman–Crippen LogP) is 4.38. The first-order valence-corrected chi connectivity index (χ1v) is 8.15. The molecule has 24 heavy (non-hydrogen) atoms. The minimum atomic E-state index is -0.309. The van der Waals surface area contributed by atoms with Gasteiger partial charge in [-0.2, -0.15) is 5.10 Å². The van der Waals surface area contributed by atoms with Crippen LogP contribution in [0.3, 0.4) is 0 Å². The van der Waals surface area contributed by atoms with Crippen molar-refractivity contribution in [2.45, 2.75) is 26.7 Å². The van der Waals surface area contributed by atoms with Gasteiger partial charge in [0.25, 0.3) is 5.91 Å². The third-order valence-corrected chi connectivity index (χ3v) is 3.78. The summed E-state index contributed by atoms with van der Waals surface area (Å²) in [5.74, 6) is 0.816. The number of halogens is 1. The Hall–Kier alpha value is -2.33. The Morgan fingerprint density at radius 1 is 1.12 bits per heavy atom. The molecule has 2 rings (SSSR count). The van der Waals surface area contributed by atoms with Crippen molar-refractivity contribution < 1.29 is 9.53 Å². The van der Waals surface area contributed by atoms with Crippen LogP contribution in [-0.4, -0.2) is 18.2 Å². The van der Waals surface area contributed by atoms with Crippen molar-refractivity contribution in [3.05, 3.63) is 64.7 Å². The topological polar surface area (TPSA) is 50.7 Å². The average Bonchev–Trinajstić information content (AvgIpc) is 2.58. The van der Waals surface area contributed by atoms with E-state index in [1.54, 1.807) is 12.1 Å². The maximum atomic E-state index is 11.8. The fourth-order valence-electron chi connectivity index (χ4n) is 2.03. The lowest BCUT2D eigenvalue weighted by Gasteiger charge is -2.08. The molecule has 0 aliphatic heterocycles. The molecule has 0 bridgehead atoms. The van der Waals surface area contributed by atoms with Gasteiger partial charge in [0.15, 0.2) is 6.61 Å². The molecule has 0 spiro atoms. The van der Waals surface area contributed by atoms with Gasteiger partial charge in [-0.15, -0.1) is 0 Å². The highest BCUT2D eigenvalue weighted by molar-refractivity contribution is 6.30. The molecule has 2 aromatic rings. The zero-order valence-electron chi connectivity index (χ0n) is 14.0. The van der Waals surface area contributed by atoms with E-state index in [-0.39, 0.29) is 12.5 Å². The molecule has 1 amide bonds. The standard InChI is InChI=1S/C19H21ClN2O2/c1-13(2)15-6-10-18(11-7-15)24-12-19(23)22-21-14(3)16-4-8-17(20)9-5-16/h4-11,13H,12H2,1-3H3,(H,22,23). The van der Waals surface area contributed by atoms with Gasteiger partial charge in [-0.05, 0) is 48.2 Å². The van der Waals surface area contributed by atoms with Crippen LogP contribution in [0.4, 0.5) is 0 Å². The fraction of sp³-hybridized carbons (Fsp3) is 0.263. The van der Waals surface area contributed by atoms with E-state index in [1.165, 1.54) is 5.56 Å². The number of nitrogens with one attached hydrogen (secondary N) is 1. The van der Waals surface area contributed by atoms with E-state index in [1.807, 2.05) is 43.3 Å². The highest BCUT2D eigenvalue weighted by atomic mass is 35.5. The number of hydrogen-bond donors (Lipinski definition) is 1. The van der Waals surface area contributed by atoms with E-state index in [0.717, 1.165) is 5.56 Å². The molecule has 0 saturated carbocycles. The van der Waals surface area contributed by atoms with Crippen LogP contribution in [0.15, 0.2) is 53.6 Å². The number of carbonyl (C=O) groups excluding carboxylic acids is 1. The minimum absolute atomic E-state index is 0.0849. The molecular weight excluding hydrogens is 324 g/mol. The van der Waals surface area contributed by atoms with Crippen LogP contribution >= 0.6 is 11.6 Å². The maximum Gasteiger partial charge on any atom is 0.277 e. The average molecular weight is 345 g/mol. The van der Waals surface area contributed by atoms with E-state index in [2.05, 4.69) is 24.4 Å². The molecule has 126 valence electrons.